The Hall–Kier alpha value is -2.24. The lowest BCUT2D eigenvalue weighted by atomic mass is 10.3. The molecule has 0 aliphatic rings. The molecule has 0 aromatic heterocycles. The molecule has 1 unspecified atom stereocenters. The van der Waals surface area contributed by atoms with Gasteiger partial charge in [0.25, 0.3) is 0 Å². The molecule has 1 rings (SSSR count). The zero-order chi connectivity index (χ0) is 13.4. The van der Waals surface area contributed by atoms with Crippen molar-refractivity contribution >= 4 is 12.0 Å². The van der Waals surface area contributed by atoms with Crippen LogP contribution in [-0.2, 0) is 4.79 Å². The SMILES string of the molecule is CC(NC(=O)O)C(=O)NCCOc1ccccc1. The predicted molar refractivity (Wildman–Crippen MR) is 65.6 cm³/mol. The summed E-state index contributed by atoms with van der Waals surface area (Å²) in [4.78, 5) is 21.7. The van der Waals surface area contributed by atoms with Gasteiger partial charge in [0.05, 0.1) is 6.54 Å². The van der Waals surface area contributed by atoms with Gasteiger partial charge in [0.1, 0.15) is 18.4 Å². The van der Waals surface area contributed by atoms with Gasteiger partial charge in [0.15, 0.2) is 0 Å². The zero-order valence-corrected chi connectivity index (χ0v) is 10.1. The molecule has 0 saturated heterocycles. The summed E-state index contributed by atoms with van der Waals surface area (Å²) in [5.74, 6) is 0.345. The van der Waals surface area contributed by atoms with E-state index in [0.717, 1.165) is 5.75 Å². The summed E-state index contributed by atoms with van der Waals surface area (Å²) in [6, 6.07) is 8.44. The van der Waals surface area contributed by atoms with Crippen LogP contribution < -0.4 is 15.4 Å². The average Bonchev–Trinajstić information content (AvgIpc) is 2.34. The van der Waals surface area contributed by atoms with Crippen LogP contribution in [-0.4, -0.2) is 36.3 Å². The third kappa shape index (κ3) is 5.20. The van der Waals surface area contributed by atoms with Crippen molar-refractivity contribution in [2.24, 2.45) is 0 Å². The highest BCUT2D eigenvalue weighted by Crippen LogP contribution is 2.07. The molecule has 0 aliphatic heterocycles. The molecule has 0 saturated carbocycles. The van der Waals surface area contributed by atoms with E-state index < -0.39 is 12.1 Å². The summed E-state index contributed by atoms with van der Waals surface area (Å²) < 4.78 is 5.37. The molecule has 98 valence electrons. The first-order valence-electron chi connectivity index (χ1n) is 5.54. The van der Waals surface area contributed by atoms with Crippen LogP contribution in [0.4, 0.5) is 4.79 Å². The van der Waals surface area contributed by atoms with Crippen molar-refractivity contribution in [2.75, 3.05) is 13.2 Å². The average molecular weight is 252 g/mol. The lowest BCUT2D eigenvalue weighted by molar-refractivity contribution is -0.122. The van der Waals surface area contributed by atoms with Gasteiger partial charge in [-0.15, -0.1) is 0 Å². The number of hydrogen-bond acceptors (Lipinski definition) is 3. The highest BCUT2D eigenvalue weighted by molar-refractivity contribution is 5.84. The number of carbonyl (C=O) groups excluding carboxylic acids is 1. The van der Waals surface area contributed by atoms with Crippen molar-refractivity contribution < 1.29 is 19.4 Å². The summed E-state index contributed by atoms with van der Waals surface area (Å²) in [5, 5.41) is 13.1. The molecule has 1 atom stereocenters. The molecule has 6 nitrogen and oxygen atoms in total. The van der Waals surface area contributed by atoms with Crippen molar-refractivity contribution in [3.05, 3.63) is 30.3 Å². The van der Waals surface area contributed by atoms with Gasteiger partial charge in [0, 0.05) is 0 Å². The minimum atomic E-state index is -1.22. The molecular formula is C12H16N2O4. The van der Waals surface area contributed by atoms with Crippen LogP contribution in [0.3, 0.4) is 0 Å². The number of nitrogens with one attached hydrogen (secondary N) is 2. The maximum atomic E-state index is 11.4. The Labute approximate surface area is 105 Å². The van der Waals surface area contributed by atoms with E-state index in [0.29, 0.717) is 13.2 Å². The number of benzene rings is 1. The van der Waals surface area contributed by atoms with Crippen LogP contribution >= 0.6 is 0 Å². The number of para-hydroxylation sites is 1. The van der Waals surface area contributed by atoms with E-state index in [1.165, 1.54) is 6.92 Å². The number of amides is 2. The third-order valence-electron chi connectivity index (χ3n) is 2.15. The van der Waals surface area contributed by atoms with Crippen molar-refractivity contribution in [3.8, 4) is 5.75 Å². The molecule has 0 fully saturated rings. The molecule has 3 N–H and O–H groups in total. The Morgan fingerprint density at radius 3 is 2.61 bits per heavy atom. The zero-order valence-electron chi connectivity index (χ0n) is 10.1. The van der Waals surface area contributed by atoms with Crippen LogP contribution in [0.5, 0.6) is 5.75 Å². The van der Waals surface area contributed by atoms with Crippen molar-refractivity contribution in [1.29, 1.82) is 0 Å². The highest BCUT2D eigenvalue weighted by atomic mass is 16.5. The lowest BCUT2D eigenvalue weighted by Crippen LogP contribution is -2.45. The topological polar surface area (TPSA) is 87.7 Å². The molecule has 0 radical (unpaired) electrons. The van der Waals surface area contributed by atoms with Gasteiger partial charge >= 0.3 is 6.09 Å². The van der Waals surface area contributed by atoms with Crippen LogP contribution in [0.25, 0.3) is 0 Å². The molecule has 0 spiro atoms. The largest absolute Gasteiger partial charge is 0.492 e. The fourth-order valence-electron chi connectivity index (χ4n) is 1.26. The summed E-state index contributed by atoms with van der Waals surface area (Å²) in [5.41, 5.74) is 0. The number of carbonyl (C=O) groups is 2. The molecular weight excluding hydrogens is 236 g/mol. The fourth-order valence-corrected chi connectivity index (χ4v) is 1.26. The summed E-state index contributed by atoms with van der Waals surface area (Å²) in [6.45, 7) is 2.12. The van der Waals surface area contributed by atoms with E-state index in [1.807, 2.05) is 30.3 Å². The Balaban J connectivity index is 2.18. The van der Waals surface area contributed by atoms with Crippen molar-refractivity contribution in [1.82, 2.24) is 10.6 Å². The third-order valence-corrected chi connectivity index (χ3v) is 2.15. The molecule has 0 aliphatic carbocycles. The van der Waals surface area contributed by atoms with Gasteiger partial charge in [0.2, 0.25) is 5.91 Å². The number of ether oxygens (including phenoxy) is 1. The fraction of sp³-hybridized carbons (Fsp3) is 0.333. The maximum absolute atomic E-state index is 11.4. The smallest absolute Gasteiger partial charge is 0.405 e. The summed E-state index contributed by atoms with van der Waals surface area (Å²) >= 11 is 0. The molecule has 1 aromatic carbocycles. The van der Waals surface area contributed by atoms with Gasteiger partial charge < -0.3 is 20.5 Å². The first kappa shape index (κ1) is 13.8. The molecule has 18 heavy (non-hydrogen) atoms. The van der Waals surface area contributed by atoms with Gasteiger partial charge in [-0.25, -0.2) is 4.79 Å². The Morgan fingerprint density at radius 2 is 2.00 bits per heavy atom. The van der Waals surface area contributed by atoms with E-state index in [9.17, 15) is 9.59 Å². The second kappa shape index (κ2) is 7.16. The van der Waals surface area contributed by atoms with Crippen LogP contribution in [0.15, 0.2) is 30.3 Å². The van der Waals surface area contributed by atoms with Crippen LogP contribution in [0.2, 0.25) is 0 Å². The molecule has 6 heteroatoms. The van der Waals surface area contributed by atoms with Gasteiger partial charge in [-0.1, -0.05) is 18.2 Å². The van der Waals surface area contributed by atoms with E-state index >= 15 is 0 Å². The number of hydrogen-bond donors (Lipinski definition) is 3. The second-order valence-corrected chi connectivity index (χ2v) is 3.62. The van der Waals surface area contributed by atoms with Crippen molar-refractivity contribution in [3.63, 3.8) is 0 Å². The van der Waals surface area contributed by atoms with E-state index in [-0.39, 0.29) is 5.91 Å². The Kier molecular flexibility index (Phi) is 5.50. The maximum Gasteiger partial charge on any atom is 0.405 e. The van der Waals surface area contributed by atoms with Gasteiger partial charge in [-0.2, -0.15) is 0 Å². The molecule has 1 aromatic rings. The first-order valence-corrected chi connectivity index (χ1v) is 5.54. The standard InChI is InChI=1S/C12H16N2O4/c1-9(14-12(16)17)11(15)13-7-8-18-10-5-3-2-4-6-10/h2-6,9,14H,7-8H2,1H3,(H,13,15)(H,16,17). The number of rotatable bonds is 6. The summed E-state index contributed by atoms with van der Waals surface area (Å²) in [7, 11) is 0. The van der Waals surface area contributed by atoms with E-state index in [2.05, 4.69) is 10.6 Å². The Bertz CT molecular complexity index is 394. The van der Waals surface area contributed by atoms with Crippen LogP contribution in [0.1, 0.15) is 6.92 Å². The minimum absolute atomic E-state index is 0.319. The second-order valence-electron chi connectivity index (χ2n) is 3.62. The molecule has 2 amide bonds. The minimum Gasteiger partial charge on any atom is -0.492 e. The number of carboxylic acid groups (broad SMARTS) is 1. The lowest BCUT2D eigenvalue weighted by Gasteiger charge is -2.12. The quantitative estimate of drug-likeness (QED) is 0.655. The van der Waals surface area contributed by atoms with E-state index in [4.69, 9.17) is 9.84 Å². The highest BCUT2D eigenvalue weighted by Gasteiger charge is 2.13. The normalized spacial score (nSPS) is 11.4. The first-order chi connectivity index (χ1) is 8.59. The van der Waals surface area contributed by atoms with Crippen molar-refractivity contribution in [2.45, 2.75) is 13.0 Å². The molecule has 0 bridgehead atoms. The monoisotopic (exact) mass is 252 g/mol. The summed E-state index contributed by atoms with van der Waals surface area (Å²) in [6.07, 6.45) is -1.22. The Morgan fingerprint density at radius 1 is 1.33 bits per heavy atom. The van der Waals surface area contributed by atoms with Crippen LogP contribution in [0, 0.1) is 0 Å². The van der Waals surface area contributed by atoms with E-state index in [1.54, 1.807) is 0 Å². The van der Waals surface area contributed by atoms with Gasteiger partial charge in [-0.3, -0.25) is 4.79 Å². The predicted octanol–water partition coefficient (Wildman–Crippen LogP) is 0.838. The molecule has 0 heterocycles. The van der Waals surface area contributed by atoms with Gasteiger partial charge in [-0.05, 0) is 19.1 Å².